The van der Waals surface area contributed by atoms with Crippen molar-refractivity contribution >= 4 is 51.6 Å². The highest BCUT2D eigenvalue weighted by atomic mass is 127. The molecule has 1 heterocycles. The molecule has 1 fully saturated rings. The van der Waals surface area contributed by atoms with Crippen LogP contribution in [0.2, 0.25) is 0 Å². The lowest BCUT2D eigenvalue weighted by Crippen LogP contribution is -2.37. The molecule has 17 heavy (non-hydrogen) atoms. The molecule has 0 unspecified atom stereocenters. The molecule has 0 aromatic carbocycles. The van der Waals surface area contributed by atoms with Crippen LogP contribution in [0.3, 0.4) is 0 Å². The predicted octanol–water partition coefficient (Wildman–Crippen LogP) is 3.76. The molecule has 1 aliphatic rings. The average molecular weight is 381 g/mol. The van der Waals surface area contributed by atoms with Crippen LogP contribution in [0.1, 0.15) is 36.0 Å². The van der Waals surface area contributed by atoms with E-state index in [1.165, 1.54) is 15.7 Å². The van der Waals surface area contributed by atoms with Gasteiger partial charge in [0.05, 0.1) is 8.45 Å². The Hall–Kier alpha value is 0.250. The Kier molecular flexibility index (Phi) is 5.17. The Labute approximate surface area is 124 Å². The maximum Gasteiger partial charge on any atom is 0.252 e. The standard InChI is InChI=1S/C12H16INOS2/c1-16-10-4-2-9(3-5-10)14-12(15)8-6-11(13)17-7-8/h6-7,9-10H,2-5H2,1H3,(H,14,15). The van der Waals surface area contributed by atoms with Gasteiger partial charge < -0.3 is 5.32 Å². The highest BCUT2D eigenvalue weighted by molar-refractivity contribution is 14.1. The van der Waals surface area contributed by atoms with Crippen molar-refractivity contribution in [3.05, 3.63) is 19.9 Å². The van der Waals surface area contributed by atoms with E-state index in [1.807, 2.05) is 23.2 Å². The zero-order chi connectivity index (χ0) is 12.3. The summed E-state index contributed by atoms with van der Waals surface area (Å²) < 4.78 is 1.17. The minimum atomic E-state index is 0.0942. The van der Waals surface area contributed by atoms with Gasteiger partial charge >= 0.3 is 0 Å². The Bertz CT molecular complexity index is 386. The van der Waals surface area contributed by atoms with Crippen LogP contribution in [0.4, 0.5) is 0 Å². The number of hydrogen-bond acceptors (Lipinski definition) is 3. The molecule has 2 rings (SSSR count). The summed E-state index contributed by atoms with van der Waals surface area (Å²) in [7, 11) is 0. The molecule has 1 aromatic rings. The minimum absolute atomic E-state index is 0.0942. The van der Waals surface area contributed by atoms with E-state index >= 15 is 0 Å². The predicted molar refractivity (Wildman–Crippen MR) is 84.1 cm³/mol. The SMILES string of the molecule is CSC1CCC(NC(=O)c2csc(I)c2)CC1. The average Bonchev–Trinajstić information content (AvgIpc) is 2.77. The molecule has 0 radical (unpaired) electrons. The van der Waals surface area contributed by atoms with Crippen molar-refractivity contribution in [2.45, 2.75) is 37.0 Å². The van der Waals surface area contributed by atoms with Gasteiger partial charge in [0.2, 0.25) is 0 Å². The lowest BCUT2D eigenvalue weighted by atomic mass is 9.95. The number of carbonyl (C=O) groups is 1. The summed E-state index contributed by atoms with van der Waals surface area (Å²) in [6.45, 7) is 0. The van der Waals surface area contributed by atoms with Crippen LogP contribution < -0.4 is 5.32 Å². The number of thioether (sulfide) groups is 1. The van der Waals surface area contributed by atoms with Gasteiger partial charge in [0.25, 0.3) is 5.91 Å². The molecule has 2 nitrogen and oxygen atoms in total. The smallest absolute Gasteiger partial charge is 0.252 e. The molecule has 1 aliphatic carbocycles. The van der Waals surface area contributed by atoms with Crippen molar-refractivity contribution in [2.75, 3.05) is 6.26 Å². The molecule has 0 bridgehead atoms. The van der Waals surface area contributed by atoms with Crippen molar-refractivity contribution in [1.29, 1.82) is 0 Å². The zero-order valence-electron chi connectivity index (χ0n) is 9.74. The second-order valence-corrected chi connectivity index (χ2v) is 8.27. The van der Waals surface area contributed by atoms with Gasteiger partial charge in [0.15, 0.2) is 0 Å². The van der Waals surface area contributed by atoms with Crippen LogP contribution >= 0.6 is 45.7 Å². The molecule has 5 heteroatoms. The molecule has 0 aliphatic heterocycles. The minimum Gasteiger partial charge on any atom is -0.349 e. The first kappa shape index (κ1) is 13.7. The molecule has 1 aromatic heterocycles. The largest absolute Gasteiger partial charge is 0.349 e. The quantitative estimate of drug-likeness (QED) is 0.808. The summed E-state index contributed by atoms with van der Waals surface area (Å²) >= 11 is 5.82. The molecular weight excluding hydrogens is 365 g/mol. The number of amides is 1. The number of nitrogens with one attached hydrogen (secondary N) is 1. The summed E-state index contributed by atoms with van der Waals surface area (Å²) in [5.74, 6) is 0.0942. The van der Waals surface area contributed by atoms with Crippen molar-refractivity contribution in [1.82, 2.24) is 5.32 Å². The van der Waals surface area contributed by atoms with E-state index in [0.29, 0.717) is 6.04 Å². The summed E-state index contributed by atoms with van der Waals surface area (Å²) in [5.41, 5.74) is 0.811. The summed E-state index contributed by atoms with van der Waals surface area (Å²) in [6.07, 6.45) is 6.88. The van der Waals surface area contributed by atoms with E-state index in [9.17, 15) is 4.79 Å². The van der Waals surface area contributed by atoms with E-state index in [-0.39, 0.29) is 5.91 Å². The molecule has 0 spiro atoms. The second-order valence-electron chi connectivity index (χ2n) is 4.32. The molecular formula is C12H16INOS2. The maximum atomic E-state index is 12.0. The lowest BCUT2D eigenvalue weighted by Gasteiger charge is -2.27. The zero-order valence-corrected chi connectivity index (χ0v) is 13.5. The first-order valence-electron chi connectivity index (χ1n) is 5.76. The van der Waals surface area contributed by atoms with Crippen LogP contribution in [0.15, 0.2) is 11.4 Å². The number of rotatable bonds is 3. The van der Waals surface area contributed by atoms with E-state index < -0.39 is 0 Å². The molecule has 0 saturated heterocycles. The second kappa shape index (κ2) is 6.43. The summed E-state index contributed by atoms with van der Waals surface area (Å²) in [6, 6.07) is 2.33. The van der Waals surface area contributed by atoms with Crippen LogP contribution in [0.25, 0.3) is 0 Å². The van der Waals surface area contributed by atoms with Gasteiger partial charge in [-0.25, -0.2) is 0 Å². The van der Waals surface area contributed by atoms with Crippen LogP contribution in [-0.4, -0.2) is 23.5 Å². The number of carbonyl (C=O) groups excluding carboxylic acids is 1. The Morgan fingerprint density at radius 3 is 2.71 bits per heavy atom. The molecule has 94 valence electrons. The monoisotopic (exact) mass is 381 g/mol. The van der Waals surface area contributed by atoms with Gasteiger partial charge in [-0.05, 0) is 60.6 Å². The Morgan fingerprint density at radius 2 is 2.18 bits per heavy atom. The van der Waals surface area contributed by atoms with Crippen LogP contribution in [0.5, 0.6) is 0 Å². The fraction of sp³-hybridized carbons (Fsp3) is 0.583. The Balaban J connectivity index is 1.84. The highest BCUT2D eigenvalue weighted by Gasteiger charge is 2.22. The number of thiophene rings is 1. The van der Waals surface area contributed by atoms with Crippen molar-refractivity contribution in [3.8, 4) is 0 Å². The van der Waals surface area contributed by atoms with Gasteiger partial charge in [0, 0.05) is 16.7 Å². The molecule has 1 amide bonds. The Morgan fingerprint density at radius 1 is 1.47 bits per heavy atom. The fourth-order valence-corrected chi connectivity index (χ4v) is 4.21. The van der Waals surface area contributed by atoms with E-state index in [2.05, 4.69) is 34.2 Å². The van der Waals surface area contributed by atoms with Gasteiger partial charge in [-0.3, -0.25) is 4.79 Å². The van der Waals surface area contributed by atoms with E-state index in [0.717, 1.165) is 23.7 Å². The van der Waals surface area contributed by atoms with Gasteiger partial charge in [0.1, 0.15) is 0 Å². The third-order valence-electron chi connectivity index (χ3n) is 3.17. The third-order valence-corrected chi connectivity index (χ3v) is 6.10. The number of halogens is 1. The molecule has 1 N–H and O–H groups in total. The fourth-order valence-electron chi connectivity index (χ4n) is 2.14. The molecule has 1 saturated carbocycles. The van der Waals surface area contributed by atoms with Crippen molar-refractivity contribution < 1.29 is 4.79 Å². The van der Waals surface area contributed by atoms with Crippen molar-refractivity contribution in [2.24, 2.45) is 0 Å². The maximum absolute atomic E-state index is 12.0. The lowest BCUT2D eigenvalue weighted by molar-refractivity contribution is 0.0928. The van der Waals surface area contributed by atoms with Crippen LogP contribution in [0, 0.1) is 2.88 Å². The normalized spacial score (nSPS) is 24.6. The van der Waals surface area contributed by atoms with Crippen molar-refractivity contribution in [3.63, 3.8) is 0 Å². The topological polar surface area (TPSA) is 29.1 Å². The third kappa shape index (κ3) is 3.86. The van der Waals surface area contributed by atoms with E-state index in [4.69, 9.17) is 0 Å². The van der Waals surface area contributed by atoms with E-state index in [1.54, 1.807) is 11.3 Å². The highest BCUT2D eigenvalue weighted by Crippen LogP contribution is 2.27. The molecule has 0 atom stereocenters. The summed E-state index contributed by atoms with van der Waals surface area (Å²) in [5, 5.41) is 5.88. The van der Waals surface area contributed by atoms with Gasteiger partial charge in [-0.15, -0.1) is 11.3 Å². The van der Waals surface area contributed by atoms with Gasteiger partial charge in [-0.1, -0.05) is 0 Å². The first-order chi connectivity index (χ1) is 8.19. The first-order valence-corrected chi connectivity index (χ1v) is 9.01. The summed E-state index contributed by atoms with van der Waals surface area (Å²) in [4.78, 5) is 12.0. The number of hydrogen-bond donors (Lipinski definition) is 1. The van der Waals surface area contributed by atoms with Gasteiger partial charge in [-0.2, -0.15) is 11.8 Å². The van der Waals surface area contributed by atoms with Crippen LogP contribution in [-0.2, 0) is 0 Å².